The van der Waals surface area contributed by atoms with Crippen molar-refractivity contribution in [3.05, 3.63) is 0 Å². The van der Waals surface area contributed by atoms with Gasteiger partial charge in [-0.05, 0) is 12.8 Å². The van der Waals surface area contributed by atoms with Crippen molar-refractivity contribution in [2.45, 2.75) is 57.9 Å². The smallest absolute Gasteiger partial charge is 0.219 e. The Balaban J connectivity index is 2.24. The molecule has 2 nitrogen and oxygen atoms in total. The summed E-state index contributed by atoms with van der Waals surface area (Å²) in [5.74, 6) is 0.210. The fraction of sp³-hybridized carbons (Fsp3) is 0.900. The van der Waals surface area contributed by atoms with Gasteiger partial charge in [0.15, 0.2) is 0 Å². The summed E-state index contributed by atoms with van der Waals surface area (Å²) in [6.45, 7) is 1.91. The van der Waals surface area contributed by atoms with Crippen LogP contribution in [0.5, 0.6) is 0 Å². The minimum absolute atomic E-state index is 0.210. The maximum absolute atomic E-state index is 11.1. The first kappa shape index (κ1) is 9.56. The summed E-state index contributed by atoms with van der Waals surface area (Å²) in [6, 6.07) is 0.472. The first-order chi connectivity index (χ1) is 5.83. The summed E-state index contributed by atoms with van der Waals surface area (Å²) >= 11 is 0. The predicted molar refractivity (Wildman–Crippen MR) is 49.9 cm³/mol. The Morgan fingerprint density at radius 3 is 2.33 bits per heavy atom. The van der Waals surface area contributed by atoms with Crippen LogP contribution in [0.2, 0.25) is 0 Å². The quantitative estimate of drug-likeness (QED) is 0.631. The fourth-order valence-corrected chi connectivity index (χ4v) is 1.75. The molecule has 0 atom stereocenters. The number of amides is 1. The molecular formula is C10H19NO. The first-order valence-electron chi connectivity index (χ1n) is 5.12. The molecule has 2 heteroatoms. The van der Waals surface area contributed by atoms with Crippen molar-refractivity contribution >= 4 is 5.91 Å². The van der Waals surface area contributed by atoms with Crippen LogP contribution in [0, 0.1) is 0 Å². The molecule has 1 amide bonds. The third-order valence-electron chi connectivity index (χ3n) is 2.54. The molecule has 12 heavy (non-hydrogen) atoms. The summed E-state index contributed by atoms with van der Waals surface area (Å²) in [4.78, 5) is 11.1. The number of carbonyl (C=O) groups is 1. The highest BCUT2D eigenvalue weighted by Gasteiger charge is 2.12. The molecule has 0 aromatic carbocycles. The van der Waals surface area contributed by atoms with Crippen LogP contribution in [-0.4, -0.2) is 11.9 Å². The standard InChI is InChI=1S/C10H19NO/c1-2-10(12)11-9-7-5-3-4-6-8-9/h9H,2-8H2,1H3,(H,11,12). The van der Waals surface area contributed by atoms with Crippen LogP contribution in [-0.2, 0) is 4.79 Å². The van der Waals surface area contributed by atoms with Crippen molar-refractivity contribution in [3.8, 4) is 0 Å². The lowest BCUT2D eigenvalue weighted by molar-refractivity contribution is -0.121. The van der Waals surface area contributed by atoms with Gasteiger partial charge in [-0.1, -0.05) is 32.6 Å². The molecular weight excluding hydrogens is 150 g/mol. The second kappa shape index (κ2) is 5.18. The van der Waals surface area contributed by atoms with Crippen LogP contribution in [0.4, 0.5) is 0 Å². The van der Waals surface area contributed by atoms with Gasteiger partial charge in [0.05, 0.1) is 0 Å². The largest absolute Gasteiger partial charge is 0.353 e. The van der Waals surface area contributed by atoms with E-state index in [0.717, 1.165) is 0 Å². The fourth-order valence-electron chi connectivity index (χ4n) is 1.75. The van der Waals surface area contributed by atoms with Gasteiger partial charge in [0.1, 0.15) is 0 Å². The van der Waals surface area contributed by atoms with E-state index in [-0.39, 0.29) is 5.91 Å². The normalized spacial score (nSPS) is 20.1. The molecule has 1 aliphatic carbocycles. The number of rotatable bonds is 2. The third kappa shape index (κ3) is 3.24. The Morgan fingerprint density at radius 2 is 1.83 bits per heavy atom. The number of hydrogen-bond acceptors (Lipinski definition) is 1. The van der Waals surface area contributed by atoms with Crippen molar-refractivity contribution in [1.29, 1.82) is 0 Å². The van der Waals surface area contributed by atoms with E-state index in [9.17, 15) is 4.79 Å². The Kier molecular flexibility index (Phi) is 4.12. The van der Waals surface area contributed by atoms with E-state index in [4.69, 9.17) is 0 Å². The van der Waals surface area contributed by atoms with Crippen LogP contribution in [0.15, 0.2) is 0 Å². The van der Waals surface area contributed by atoms with Crippen molar-refractivity contribution in [1.82, 2.24) is 5.32 Å². The van der Waals surface area contributed by atoms with E-state index >= 15 is 0 Å². The highest BCUT2D eigenvalue weighted by Crippen LogP contribution is 2.17. The summed E-state index contributed by atoms with van der Waals surface area (Å²) in [6.07, 6.45) is 8.26. The molecule has 0 bridgehead atoms. The monoisotopic (exact) mass is 169 g/mol. The maximum Gasteiger partial charge on any atom is 0.219 e. The summed E-state index contributed by atoms with van der Waals surface area (Å²) in [7, 11) is 0. The van der Waals surface area contributed by atoms with E-state index in [1.165, 1.54) is 38.5 Å². The molecule has 1 N–H and O–H groups in total. The Labute approximate surface area is 74.7 Å². The second-order valence-electron chi connectivity index (χ2n) is 3.61. The van der Waals surface area contributed by atoms with Gasteiger partial charge in [0.25, 0.3) is 0 Å². The number of carbonyl (C=O) groups excluding carboxylic acids is 1. The Hall–Kier alpha value is -0.530. The van der Waals surface area contributed by atoms with Crippen LogP contribution in [0.3, 0.4) is 0 Å². The molecule has 0 heterocycles. The van der Waals surface area contributed by atoms with Gasteiger partial charge in [0, 0.05) is 12.5 Å². The van der Waals surface area contributed by atoms with Crippen LogP contribution in [0.25, 0.3) is 0 Å². The molecule has 1 rings (SSSR count). The molecule has 0 unspecified atom stereocenters. The number of hydrogen-bond donors (Lipinski definition) is 1. The summed E-state index contributed by atoms with van der Waals surface area (Å²) in [5.41, 5.74) is 0. The first-order valence-corrected chi connectivity index (χ1v) is 5.12. The lowest BCUT2D eigenvalue weighted by Gasteiger charge is -2.15. The topological polar surface area (TPSA) is 29.1 Å². The zero-order valence-electron chi connectivity index (χ0n) is 7.94. The van der Waals surface area contributed by atoms with Crippen LogP contribution >= 0.6 is 0 Å². The molecule has 0 aromatic rings. The summed E-state index contributed by atoms with van der Waals surface area (Å²) < 4.78 is 0. The minimum Gasteiger partial charge on any atom is -0.353 e. The zero-order chi connectivity index (χ0) is 8.81. The highest BCUT2D eigenvalue weighted by atomic mass is 16.1. The van der Waals surface area contributed by atoms with Crippen molar-refractivity contribution in [3.63, 3.8) is 0 Å². The van der Waals surface area contributed by atoms with Crippen molar-refractivity contribution in [2.24, 2.45) is 0 Å². The molecule has 0 aromatic heterocycles. The molecule has 1 saturated carbocycles. The lowest BCUT2D eigenvalue weighted by atomic mass is 10.1. The molecule has 1 fully saturated rings. The zero-order valence-corrected chi connectivity index (χ0v) is 7.94. The predicted octanol–water partition coefficient (Wildman–Crippen LogP) is 2.24. The molecule has 0 spiro atoms. The Morgan fingerprint density at radius 1 is 1.25 bits per heavy atom. The van der Waals surface area contributed by atoms with Gasteiger partial charge in [0.2, 0.25) is 5.91 Å². The van der Waals surface area contributed by atoms with E-state index < -0.39 is 0 Å². The van der Waals surface area contributed by atoms with Gasteiger partial charge in [-0.25, -0.2) is 0 Å². The summed E-state index contributed by atoms with van der Waals surface area (Å²) in [5, 5.41) is 3.07. The van der Waals surface area contributed by atoms with E-state index in [1.54, 1.807) is 0 Å². The number of nitrogens with one attached hydrogen (secondary N) is 1. The lowest BCUT2D eigenvalue weighted by Crippen LogP contribution is -2.33. The maximum atomic E-state index is 11.1. The van der Waals surface area contributed by atoms with Crippen molar-refractivity contribution < 1.29 is 4.79 Å². The minimum atomic E-state index is 0.210. The molecule has 0 aliphatic heterocycles. The Bertz CT molecular complexity index is 137. The molecule has 70 valence electrons. The van der Waals surface area contributed by atoms with Crippen LogP contribution in [0.1, 0.15) is 51.9 Å². The average Bonchev–Trinajstić information content (AvgIpc) is 2.33. The van der Waals surface area contributed by atoms with E-state index in [0.29, 0.717) is 12.5 Å². The van der Waals surface area contributed by atoms with Crippen LogP contribution < -0.4 is 5.32 Å². The van der Waals surface area contributed by atoms with Gasteiger partial charge in [-0.15, -0.1) is 0 Å². The molecule has 0 radical (unpaired) electrons. The van der Waals surface area contributed by atoms with Gasteiger partial charge < -0.3 is 5.32 Å². The van der Waals surface area contributed by atoms with E-state index in [2.05, 4.69) is 5.32 Å². The third-order valence-corrected chi connectivity index (χ3v) is 2.54. The van der Waals surface area contributed by atoms with Gasteiger partial charge in [-0.3, -0.25) is 4.79 Å². The van der Waals surface area contributed by atoms with Gasteiger partial charge in [-0.2, -0.15) is 0 Å². The molecule has 1 aliphatic rings. The average molecular weight is 169 g/mol. The molecule has 0 saturated heterocycles. The highest BCUT2D eigenvalue weighted by molar-refractivity contribution is 5.75. The van der Waals surface area contributed by atoms with Crippen molar-refractivity contribution in [2.75, 3.05) is 0 Å². The SMILES string of the molecule is CCC(=O)NC1CCCCCC1. The van der Waals surface area contributed by atoms with Gasteiger partial charge >= 0.3 is 0 Å². The second-order valence-corrected chi connectivity index (χ2v) is 3.61. The van der Waals surface area contributed by atoms with E-state index in [1.807, 2.05) is 6.92 Å².